The smallest absolute Gasteiger partial charge is 0.318 e. The molecule has 2 heterocycles. The molecule has 6 heteroatoms. The highest BCUT2D eigenvalue weighted by Crippen LogP contribution is 2.32. The van der Waals surface area contributed by atoms with Crippen molar-refractivity contribution in [1.82, 2.24) is 15.0 Å². The summed E-state index contributed by atoms with van der Waals surface area (Å²) in [6.07, 6.45) is 0. The van der Waals surface area contributed by atoms with Crippen LogP contribution < -0.4 is 0 Å². The lowest BCUT2D eigenvalue weighted by molar-refractivity contribution is 0.403. The molecule has 0 unspecified atom stereocenters. The molecule has 17 heavy (non-hydrogen) atoms. The van der Waals surface area contributed by atoms with Gasteiger partial charge in [0.1, 0.15) is 5.01 Å². The summed E-state index contributed by atoms with van der Waals surface area (Å²) in [5.41, 5.74) is 1.25. The molecule has 0 saturated heterocycles. The first kappa shape index (κ1) is 9.98. The Labute approximate surface area is 100 Å². The third kappa shape index (κ3) is 1.68. The summed E-state index contributed by atoms with van der Waals surface area (Å²) in [6.45, 7) is 0. The van der Waals surface area contributed by atoms with Gasteiger partial charge in [0.25, 0.3) is 0 Å². The van der Waals surface area contributed by atoms with Gasteiger partial charge in [0.05, 0.1) is 0 Å². The molecule has 0 aliphatic rings. The van der Waals surface area contributed by atoms with E-state index in [1.807, 2.05) is 30.3 Å². The van der Waals surface area contributed by atoms with Gasteiger partial charge < -0.3 is 10.2 Å². The van der Waals surface area contributed by atoms with Crippen LogP contribution in [0, 0.1) is 0 Å². The lowest BCUT2D eigenvalue weighted by Gasteiger charge is -1.92. The molecule has 3 aromatic rings. The highest BCUT2D eigenvalue weighted by atomic mass is 32.1. The van der Waals surface area contributed by atoms with Crippen LogP contribution in [0.1, 0.15) is 0 Å². The van der Waals surface area contributed by atoms with Crippen molar-refractivity contribution < 1.29 is 10.2 Å². The molecule has 0 atom stereocenters. The van der Waals surface area contributed by atoms with Crippen LogP contribution in [-0.4, -0.2) is 25.2 Å². The molecule has 5 nitrogen and oxygen atoms in total. The Balaban J connectivity index is 2.24. The van der Waals surface area contributed by atoms with Crippen molar-refractivity contribution in [1.29, 1.82) is 0 Å². The van der Waals surface area contributed by atoms with Gasteiger partial charge in [0, 0.05) is 5.56 Å². The van der Waals surface area contributed by atoms with Gasteiger partial charge in [0.2, 0.25) is 5.88 Å². The molecule has 0 aliphatic heterocycles. The Morgan fingerprint density at radius 2 is 1.71 bits per heavy atom. The third-order valence-corrected chi connectivity index (χ3v) is 3.25. The van der Waals surface area contributed by atoms with Crippen molar-refractivity contribution in [3.63, 3.8) is 0 Å². The van der Waals surface area contributed by atoms with Crippen molar-refractivity contribution in [3.05, 3.63) is 30.3 Å². The number of benzene rings is 1. The maximum atomic E-state index is 9.55. The molecule has 0 amide bonds. The molecular weight excluding hydrogens is 238 g/mol. The average Bonchev–Trinajstić information content (AvgIpc) is 2.74. The molecule has 0 aliphatic carbocycles. The highest BCUT2D eigenvalue weighted by molar-refractivity contribution is 7.21. The fourth-order valence-corrected chi connectivity index (χ4v) is 2.44. The van der Waals surface area contributed by atoms with Gasteiger partial charge in [-0.05, 0) is 0 Å². The number of fused-ring (bicyclic) bond motifs is 1. The number of hydrogen-bond donors (Lipinski definition) is 2. The number of nitrogens with zero attached hydrogens (tertiary/aromatic N) is 3. The summed E-state index contributed by atoms with van der Waals surface area (Å²) in [7, 11) is 0. The van der Waals surface area contributed by atoms with Crippen molar-refractivity contribution in [2.75, 3.05) is 0 Å². The monoisotopic (exact) mass is 245 g/mol. The zero-order chi connectivity index (χ0) is 11.8. The van der Waals surface area contributed by atoms with Crippen LogP contribution in [0.3, 0.4) is 0 Å². The molecule has 0 spiro atoms. The SMILES string of the molecule is Oc1nc(O)c2nc(-c3ccccc3)sc2n1. The maximum absolute atomic E-state index is 9.55. The summed E-state index contributed by atoms with van der Waals surface area (Å²) in [6, 6.07) is 9.12. The molecule has 0 fully saturated rings. The average molecular weight is 245 g/mol. The Kier molecular flexibility index (Phi) is 2.15. The molecule has 84 valence electrons. The quantitative estimate of drug-likeness (QED) is 0.686. The second kappa shape index (κ2) is 3.67. The van der Waals surface area contributed by atoms with Crippen LogP contribution in [-0.2, 0) is 0 Å². The number of thiazole rings is 1. The number of aromatic nitrogens is 3. The van der Waals surface area contributed by atoms with Crippen molar-refractivity contribution in [3.8, 4) is 22.5 Å². The Hall–Kier alpha value is -2.21. The molecule has 1 aromatic carbocycles. The van der Waals surface area contributed by atoms with E-state index in [0.717, 1.165) is 10.6 Å². The molecule has 3 rings (SSSR count). The van der Waals surface area contributed by atoms with E-state index in [4.69, 9.17) is 0 Å². The van der Waals surface area contributed by atoms with Crippen molar-refractivity contribution >= 4 is 21.7 Å². The van der Waals surface area contributed by atoms with Crippen LogP contribution in [0.15, 0.2) is 30.3 Å². The normalized spacial score (nSPS) is 10.8. The molecule has 0 radical (unpaired) electrons. The van der Waals surface area contributed by atoms with Gasteiger partial charge in [-0.3, -0.25) is 0 Å². The van der Waals surface area contributed by atoms with Gasteiger partial charge in [0.15, 0.2) is 10.3 Å². The third-order valence-electron chi connectivity index (χ3n) is 2.25. The van der Waals surface area contributed by atoms with Crippen LogP contribution >= 0.6 is 11.3 Å². The van der Waals surface area contributed by atoms with E-state index in [-0.39, 0.29) is 5.88 Å². The predicted molar refractivity (Wildman–Crippen MR) is 64.0 cm³/mol. The van der Waals surface area contributed by atoms with Crippen molar-refractivity contribution in [2.45, 2.75) is 0 Å². The van der Waals surface area contributed by atoms with Gasteiger partial charge in [-0.2, -0.15) is 9.97 Å². The largest absolute Gasteiger partial charge is 0.492 e. The van der Waals surface area contributed by atoms with Gasteiger partial charge >= 0.3 is 6.01 Å². The van der Waals surface area contributed by atoms with E-state index < -0.39 is 6.01 Å². The second-order valence-corrected chi connectivity index (χ2v) is 4.36. The zero-order valence-corrected chi connectivity index (χ0v) is 9.35. The number of aromatic hydroxyl groups is 2. The van der Waals surface area contributed by atoms with E-state index >= 15 is 0 Å². The van der Waals surface area contributed by atoms with E-state index in [9.17, 15) is 10.2 Å². The number of hydrogen-bond acceptors (Lipinski definition) is 6. The first-order chi connectivity index (χ1) is 8.24. The summed E-state index contributed by atoms with van der Waals surface area (Å²) < 4.78 is 0. The van der Waals surface area contributed by atoms with E-state index in [1.54, 1.807) is 0 Å². The Bertz CT molecular complexity index is 682. The molecule has 2 aromatic heterocycles. The first-order valence-electron chi connectivity index (χ1n) is 4.86. The lowest BCUT2D eigenvalue weighted by atomic mass is 10.2. The molecule has 0 saturated carbocycles. The maximum Gasteiger partial charge on any atom is 0.318 e. The minimum absolute atomic E-state index is 0.300. The van der Waals surface area contributed by atoms with Crippen LogP contribution in [0.4, 0.5) is 0 Å². The van der Waals surface area contributed by atoms with E-state index in [2.05, 4.69) is 15.0 Å². The van der Waals surface area contributed by atoms with Gasteiger partial charge in [-0.15, -0.1) is 0 Å². The Morgan fingerprint density at radius 3 is 2.47 bits per heavy atom. The standard InChI is InChI=1S/C11H7N3O2S/c15-8-7-10(14-11(16)13-8)17-9(12-7)6-4-2-1-3-5-6/h1-5H,(H2,13,14,15,16). The second-order valence-electron chi connectivity index (χ2n) is 3.39. The minimum atomic E-state index is -0.446. The van der Waals surface area contributed by atoms with E-state index in [1.165, 1.54) is 11.3 Å². The Morgan fingerprint density at radius 1 is 0.941 bits per heavy atom. The topological polar surface area (TPSA) is 79.1 Å². The molecule has 0 bridgehead atoms. The first-order valence-corrected chi connectivity index (χ1v) is 5.67. The fourth-order valence-electron chi connectivity index (χ4n) is 1.50. The fraction of sp³-hybridized carbons (Fsp3) is 0. The van der Waals surface area contributed by atoms with E-state index in [0.29, 0.717) is 10.3 Å². The summed E-state index contributed by atoms with van der Waals surface area (Å²) in [5, 5.41) is 19.5. The summed E-state index contributed by atoms with van der Waals surface area (Å²) in [4.78, 5) is 12.0. The molecular formula is C11H7N3O2S. The number of rotatable bonds is 1. The van der Waals surface area contributed by atoms with Crippen LogP contribution in [0.2, 0.25) is 0 Å². The van der Waals surface area contributed by atoms with Gasteiger partial charge in [-0.25, -0.2) is 4.98 Å². The molecule has 2 N–H and O–H groups in total. The van der Waals surface area contributed by atoms with Crippen molar-refractivity contribution in [2.24, 2.45) is 0 Å². The minimum Gasteiger partial charge on any atom is -0.492 e. The highest BCUT2D eigenvalue weighted by Gasteiger charge is 2.13. The predicted octanol–water partition coefficient (Wildman–Crippen LogP) is 2.16. The lowest BCUT2D eigenvalue weighted by Crippen LogP contribution is -1.82. The zero-order valence-electron chi connectivity index (χ0n) is 8.53. The summed E-state index contributed by atoms with van der Waals surface area (Å²) in [5.74, 6) is -0.300. The van der Waals surface area contributed by atoms with Gasteiger partial charge in [-0.1, -0.05) is 41.7 Å². The van der Waals surface area contributed by atoms with Crippen LogP contribution in [0.5, 0.6) is 11.9 Å². The van der Waals surface area contributed by atoms with Crippen LogP contribution in [0.25, 0.3) is 20.9 Å². The summed E-state index contributed by atoms with van der Waals surface area (Å²) >= 11 is 1.30.